The standard InChI is InChI=1S/C21H24ClNO4S2/c1-2-25-20(24)8-5-15-29-21(28)23-13-14-26-18-6-3-4-7-19(18)27-17-11-9-16(22)10-12-17/h3-4,6-7,9-12H,2,5,8,13-15H2,1H3,(H,23,28). The van der Waals surface area contributed by atoms with Crippen LogP contribution in [-0.4, -0.2) is 35.8 Å². The summed E-state index contributed by atoms with van der Waals surface area (Å²) in [5.41, 5.74) is 0. The number of thioether (sulfide) groups is 1. The van der Waals surface area contributed by atoms with Crippen molar-refractivity contribution in [1.29, 1.82) is 0 Å². The van der Waals surface area contributed by atoms with Crippen molar-refractivity contribution < 1.29 is 19.0 Å². The Morgan fingerprint density at radius 3 is 2.59 bits per heavy atom. The van der Waals surface area contributed by atoms with Crippen molar-refractivity contribution in [2.45, 2.75) is 19.8 Å². The molecular weight excluding hydrogens is 430 g/mol. The molecule has 0 radical (unpaired) electrons. The lowest BCUT2D eigenvalue weighted by molar-refractivity contribution is -0.143. The number of esters is 1. The molecule has 2 aromatic carbocycles. The van der Waals surface area contributed by atoms with Gasteiger partial charge in [-0.05, 0) is 49.7 Å². The number of ether oxygens (including phenoxy) is 3. The summed E-state index contributed by atoms with van der Waals surface area (Å²) in [7, 11) is 0. The van der Waals surface area contributed by atoms with E-state index >= 15 is 0 Å². The van der Waals surface area contributed by atoms with Gasteiger partial charge in [0.25, 0.3) is 0 Å². The number of carbonyl (C=O) groups excluding carboxylic acids is 1. The monoisotopic (exact) mass is 453 g/mol. The maximum Gasteiger partial charge on any atom is 0.305 e. The Hall–Kier alpha value is -1.96. The van der Waals surface area contributed by atoms with Crippen molar-refractivity contribution in [3.63, 3.8) is 0 Å². The molecule has 1 N–H and O–H groups in total. The zero-order valence-electron chi connectivity index (χ0n) is 16.2. The molecule has 0 unspecified atom stereocenters. The first kappa shape index (κ1) is 23.3. The molecule has 0 amide bonds. The van der Waals surface area contributed by atoms with Crippen LogP contribution in [0.2, 0.25) is 5.02 Å². The SMILES string of the molecule is CCOC(=O)CCCSC(=S)NCCOc1ccccc1Oc1ccc(Cl)cc1. The van der Waals surface area contributed by atoms with Gasteiger partial charge in [-0.15, -0.1) is 0 Å². The number of carbonyl (C=O) groups is 1. The Morgan fingerprint density at radius 2 is 1.86 bits per heavy atom. The van der Waals surface area contributed by atoms with Crippen LogP contribution in [0.4, 0.5) is 0 Å². The van der Waals surface area contributed by atoms with Crippen LogP contribution in [0.15, 0.2) is 48.5 Å². The van der Waals surface area contributed by atoms with Crippen molar-refractivity contribution >= 4 is 45.9 Å². The van der Waals surface area contributed by atoms with Crippen molar-refractivity contribution in [3.05, 3.63) is 53.6 Å². The Kier molecular flexibility index (Phi) is 10.7. The van der Waals surface area contributed by atoms with Crippen molar-refractivity contribution in [3.8, 4) is 17.2 Å². The average molecular weight is 454 g/mol. The summed E-state index contributed by atoms with van der Waals surface area (Å²) in [6.07, 6.45) is 1.15. The highest BCUT2D eigenvalue weighted by atomic mass is 35.5. The first-order valence-electron chi connectivity index (χ1n) is 9.30. The van der Waals surface area contributed by atoms with Gasteiger partial charge in [0.1, 0.15) is 16.7 Å². The van der Waals surface area contributed by atoms with Gasteiger partial charge >= 0.3 is 5.97 Å². The molecule has 0 bridgehead atoms. The van der Waals surface area contributed by atoms with Crippen LogP contribution in [0.3, 0.4) is 0 Å². The third kappa shape index (κ3) is 9.39. The summed E-state index contributed by atoms with van der Waals surface area (Å²) >= 11 is 12.7. The zero-order valence-corrected chi connectivity index (χ0v) is 18.6. The molecule has 0 aliphatic rings. The number of para-hydroxylation sites is 2. The molecule has 5 nitrogen and oxygen atoms in total. The highest BCUT2D eigenvalue weighted by Crippen LogP contribution is 2.31. The van der Waals surface area contributed by atoms with Crippen LogP contribution < -0.4 is 14.8 Å². The number of hydrogen-bond acceptors (Lipinski definition) is 6. The van der Waals surface area contributed by atoms with Gasteiger partial charge in [0.15, 0.2) is 11.5 Å². The number of rotatable bonds is 11. The Bertz CT molecular complexity index is 787. The molecule has 0 fully saturated rings. The fourth-order valence-electron chi connectivity index (χ4n) is 2.26. The van der Waals surface area contributed by atoms with Crippen LogP contribution in [0.5, 0.6) is 17.2 Å². The second-order valence-corrected chi connectivity index (χ2v) is 8.03. The maximum absolute atomic E-state index is 11.3. The molecule has 0 saturated carbocycles. The van der Waals surface area contributed by atoms with Gasteiger partial charge in [-0.25, -0.2) is 0 Å². The van der Waals surface area contributed by atoms with Crippen LogP contribution in [0.1, 0.15) is 19.8 Å². The fraction of sp³-hybridized carbons (Fsp3) is 0.333. The number of thiocarbonyl (C=S) groups is 1. The average Bonchev–Trinajstić information content (AvgIpc) is 2.71. The lowest BCUT2D eigenvalue weighted by Crippen LogP contribution is -2.24. The van der Waals surface area contributed by atoms with Crippen molar-refractivity contribution in [2.24, 2.45) is 0 Å². The minimum Gasteiger partial charge on any atom is -0.488 e. The zero-order chi connectivity index (χ0) is 20.9. The van der Waals surface area contributed by atoms with Gasteiger partial charge < -0.3 is 19.5 Å². The van der Waals surface area contributed by atoms with E-state index in [9.17, 15) is 4.79 Å². The highest BCUT2D eigenvalue weighted by Gasteiger charge is 2.06. The van der Waals surface area contributed by atoms with E-state index in [0.29, 0.717) is 52.8 Å². The second-order valence-electron chi connectivity index (χ2n) is 5.82. The van der Waals surface area contributed by atoms with Crippen LogP contribution in [-0.2, 0) is 9.53 Å². The van der Waals surface area contributed by atoms with Gasteiger partial charge in [-0.1, -0.05) is 47.7 Å². The molecule has 8 heteroatoms. The predicted molar refractivity (Wildman–Crippen MR) is 122 cm³/mol. The van der Waals surface area contributed by atoms with E-state index in [2.05, 4.69) is 5.32 Å². The van der Waals surface area contributed by atoms with Crippen LogP contribution in [0.25, 0.3) is 0 Å². The Balaban J connectivity index is 1.68. The van der Waals surface area contributed by atoms with Gasteiger partial charge in [-0.3, -0.25) is 4.79 Å². The second kappa shape index (κ2) is 13.3. The molecule has 0 aromatic heterocycles. The van der Waals surface area contributed by atoms with Crippen LogP contribution in [0, 0.1) is 0 Å². The van der Waals surface area contributed by atoms with E-state index in [-0.39, 0.29) is 5.97 Å². The number of nitrogens with one attached hydrogen (secondary N) is 1. The maximum atomic E-state index is 11.3. The topological polar surface area (TPSA) is 56.8 Å². The summed E-state index contributed by atoms with van der Waals surface area (Å²) in [5, 5.41) is 3.79. The van der Waals surface area contributed by atoms with Gasteiger partial charge in [0, 0.05) is 17.2 Å². The summed E-state index contributed by atoms with van der Waals surface area (Å²) < 4.78 is 17.3. The van der Waals surface area contributed by atoms with E-state index in [0.717, 1.165) is 12.2 Å². The molecule has 156 valence electrons. The third-order valence-electron chi connectivity index (χ3n) is 3.58. The Labute approximate surface area is 186 Å². The summed E-state index contributed by atoms with van der Waals surface area (Å²) in [4.78, 5) is 11.3. The summed E-state index contributed by atoms with van der Waals surface area (Å²) in [6.45, 7) is 3.22. The first-order chi connectivity index (χ1) is 14.1. The molecule has 2 rings (SSSR count). The predicted octanol–water partition coefficient (Wildman–Crippen LogP) is 5.46. The van der Waals surface area contributed by atoms with Gasteiger partial charge in [0.05, 0.1) is 13.2 Å². The molecule has 29 heavy (non-hydrogen) atoms. The molecule has 2 aromatic rings. The number of halogens is 1. The lowest BCUT2D eigenvalue weighted by Gasteiger charge is -2.13. The third-order valence-corrected chi connectivity index (χ3v) is 5.23. The lowest BCUT2D eigenvalue weighted by atomic mass is 10.3. The molecule has 0 spiro atoms. The highest BCUT2D eigenvalue weighted by molar-refractivity contribution is 8.22. The smallest absolute Gasteiger partial charge is 0.305 e. The number of benzene rings is 2. The molecule has 0 aliphatic carbocycles. The summed E-state index contributed by atoms with van der Waals surface area (Å²) in [5.74, 6) is 2.57. The van der Waals surface area contributed by atoms with E-state index < -0.39 is 0 Å². The summed E-state index contributed by atoms with van der Waals surface area (Å²) in [6, 6.07) is 14.6. The van der Waals surface area contributed by atoms with E-state index in [1.54, 1.807) is 31.2 Å². The van der Waals surface area contributed by atoms with Crippen molar-refractivity contribution in [2.75, 3.05) is 25.5 Å². The van der Waals surface area contributed by atoms with Gasteiger partial charge in [0.2, 0.25) is 0 Å². The quantitative estimate of drug-likeness (QED) is 0.275. The number of hydrogen-bond donors (Lipinski definition) is 1. The largest absolute Gasteiger partial charge is 0.488 e. The minimum absolute atomic E-state index is 0.167. The first-order valence-corrected chi connectivity index (χ1v) is 11.1. The molecule has 0 heterocycles. The normalized spacial score (nSPS) is 10.3. The molecular formula is C21H24ClNO4S2. The fourth-order valence-corrected chi connectivity index (χ4v) is 3.42. The molecule has 0 aliphatic heterocycles. The van der Waals surface area contributed by atoms with E-state index in [1.165, 1.54) is 11.8 Å². The van der Waals surface area contributed by atoms with E-state index in [4.69, 9.17) is 38.0 Å². The van der Waals surface area contributed by atoms with E-state index in [1.807, 2.05) is 24.3 Å². The molecule has 0 saturated heterocycles. The van der Waals surface area contributed by atoms with Gasteiger partial charge in [-0.2, -0.15) is 0 Å². The minimum atomic E-state index is -0.167. The van der Waals surface area contributed by atoms with Crippen LogP contribution >= 0.6 is 35.6 Å². The van der Waals surface area contributed by atoms with Crippen molar-refractivity contribution in [1.82, 2.24) is 5.32 Å². The molecule has 0 atom stereocenters. The Morgan fingerprint density at radius 1 is 1.14 bits per heavy atom.